The Morgan fingerprint density at radius 2 is 2.02 bits per heavy atom. The number of piperidine rings is 1. The van der Waals surface area contributed by atoms with E-state index >= 15 is 0 Å². The molecular weight excluding hydrogens is 565 g/mol. The zero-order valence-corrected chi connectivity index (χ0v) is 23.9. The lowest BCUT2D eigenvalue weighted by Gasteiger charge is -2.33. The molecule has 0 atom stereocenters. The number of alkyl halides is 3. The monoisotopic (exact) mass is 600 g/mol. The molecular formula is C27H36ClF3N6O4. The molecule has 3 aliphatic heterocycles. The minimum Gasteiger partial charge on any atom is -0.377 e. The number of halogens is 4. The largest absolute Gasteiger partial charge is 0.416 e. The van der Waals surface area contributed by atoms with Gasteiger partial charge in [-0.25, -0.2) is 5.01 Å². The molecule has 3 N–H and O–H groups in total. The molecule has 0 radical (unpaired) electrons. The number of anilines is 1. The van der Waals surface area contributed by atoms with Crippen LogP contribution in [0.5, 0.6) is 0 Å². The Morgan fingerprint density at radius 1 is 1.29 bits per heavy atom. The van der Waals surface area contributed by atoms with E-state index < -0.39 is 17.6 Å². The van der Waals surface area contributed by atoms with Gasteiger partial charge in [0, 0.05) is 32.9 Å². The quantitative estimate of drug-likeness (QED) is 0.172. The number of ether oxygens (including phenoxy) is 2. The van der Waals surface area contributed by atoms with Gasteiger partial charge >= 0.3 is 6.18 Å². The van der Waals surface area contributed by atoms with E-state index in [1.165, 1.54) is 17.6 Å². The van der Waals surface area contributed by atoms with Crippen LogP contribution in [-0.2, 0) is 25.2 Å². The van der Waals surface area contributed by atoms with Crippen LogP contribution in [0.25, 0.3) is 0 Å². The first-order chi connectivity index (χ1) is 19.5. The van der Waals surface area contributed by atoms with E-state index in [1.54, 1.807) is 0 Å². The third-order valence-electron chi connectivity index (χ3n) is 6.85. The molecule has 0 aromatic heterocycles. The minimum atomic E-state index is -4.47. The number of hydrogen-bond acceptors (Lipinski definition) is 9. The molecule has 226 valence electrons. The van der Waals surface area contributed by atoms with Crippen molar-refractivity contribution >= 4 is 36.2 Å². The third-order valence-corrected chi connectivity index (χ3v) is 7.16. The third kappa shape index (κ3) is 9.27. The summed E-state index contributed by atoms with van der Waals surface area (Å²) in [5.41, 5.74) is 5.27. The molecule has 1 amide bonds. The van der Waals surface area contributed by atoms with Crippen molar-refractivity contribution < 1.29 is 32.2 Å². The Bertz CT molecular complexity index is 1150. The fourth-order valence-corrected chi connectivity index (χ4v) is 4.91. The van der Waals surface area contributed by atoms with Crippen LogP contribution in [-0.4, -0.2) is 94.6 Å². The summed E-state index contributed by atoms with van der Waals surface area (Å²) in [6, 6.07) is 2.70. The minimum absolute atomic E-state index is 0.0825. The summed E-state index contributed by atoms with van der Waals surface area (Å²) in [5.74, 6) is -0.462. The van der Waals surface area contributed by atoms with Crippen LogP contribution in [0, 0.1) is 0 Å². The number of nitrogens with zero attached hydrogens (tertiary/aromatic N) is 3. The molecule has 1 spiro atoms. The van der Waals surface area contributed by atoms with E-state index in [-0.39, 0.29) is 22.9 Å². The van der Waals surface area contributed by atoms with E-state index in [2.05, 4.69) is 34.0 Å². The number of likely N-dealkylation sites (N-methyl/N-ethyl adjacent to an activating group) is 2. The van der Waals surface area contributed by atoms with Gasteiger partial charge in [-0.15, -0.1) is 0 Å². The highest BCUT2D eigenvalue weighted by Gasteiger charge is 2.43. The average molecular weight is 601 g/mol. The molecule has 0 aliphatic carbocycles. The Hall–Kier alpha value is -2.97. The maximum absolute atomic E-state index is 12.4. The summed E-state index contributed by atoms with van der Waals surface area (Å²) in [6.45, 7) is 7.74. The summed E-state index contributed by atoms with van der Waals surface area (Å²) >= 11 is 5.69. The number of hydrazine groups is 1. The van der Waals surface area contributed by atoms with Gasteiger partial charge in [-0.2, -0.15) is 18.3 Å². The van der Waals surface area contributed by atoms with Gasteiger partial charge in [0.25, 0.3) is 0 Å². The maximum Gasteiger partial charge on any atom is 0.416 e. The van der Waals surface area contributed by atoms with Crippen molar-refractivity contribution in [2.45, 2.75) is 31.0 Å². The number of amides is 1. The highest BCUT2D eigenvalue weighted by Crippen LogP contribution is 2.37. The fraction of sp³-hybridized carbons (Fsp3) is 0.519. The van der Waals surface area contributed by atoms with E-state index in [0.29, 0.717) is 13.2 Å². The number of rotatable bonds is 9. The van der Waals surface area contributed by atoms with Crippen LogP contribution in [0.2, 0.25) is 5.02 Å². The predicted octanol–water partition coefficient (Wildman–Crippen LogP) is 3.22. The number of aldehydes is 1. The smallest absolute Gasteiger partial charge is 0.377 e. The van der Waals surface area contributed by atoms with Gasteiger partial charge in [0.05, 0.1) is 41.8 Å². The van der Waals surface area contributed by atoms with Crippen molar-refractivity contribution in [2.75, 3.05) is 65.4 Å². The first kappa shape index (κ1) is 32.5. The molecule has 0 bridgehead atoms. The lowest BCUT2D eigenvalue weighted by molar-refractivity contribution is -0.137. The normalized spacial score (nSPS) is 18.4. The second-order valence-electron chi connectivity index (χ2n) is 9.90. The Morgan fingerprint density at radius 3 is 2.61 bits per heavy atom. The highest BCUT2D eigenvalue weighted by atomic mass is 35.5. The number of hydrazone groups is 1. The van der Waals surface area contributed by atoms with E-state index in [9.17, 15) is 22.8 Å². The highest BCUT2D eigenvalue weighted by molar-refractivity contribution is 6.33. The van der Waals surface area contributed by atoms with Gasteiger partial charge in [-0.05, 0) is 50.6 Å². The molecule has 41 heavy (non-hydrogen) atoms. The van der Waals surface area contributed by atoms with Crippen LogP contribution in [0.15, 0.2) is 46.2 Å². The summed E-state index contributed by atoms with van der Waals surface area (Å²) in [7, 11) is 3.53. The predicted molar refractivity (Wildman–Crippen MR) is 150 cm³/mol. The van der Waals surface area contributed by atoms with Crippen molar-refractivity contribution in [3.63, 3.8) is 0 Å². The number of benzene rings is 1. The number of carbonyl (C=O) groups is 2. The summed E-state index contributed by atoms with van der Waals surface area (Å²) < 4.78 is 48.6. The summed E-state index contributed by atoms with van der Waals surface area (Å²) in [4.78, 5) is 23.1. The van der Waals surface area contributed by atoms with Crippen molar-refractivity contribution in [1.82, 2.24) is 20.8 Å². The van der Waals surface area contributed by atoms with E-state index in [0.717, 1.165) is 81.3 Å². The molecule has 3 heterocycles. The second kappa shape index (κ2) is 14.8. The van der Waals surface area contributed by atoms with Crippen molar-refractivity contribution in [3.05, 3.63) is 51.7 Å². The van der Waals surface area contributed by atoms with Crippen molar-refractivity contribution in [2.24, 2.45) is 5.10 Å². The van der Waals surface area contributed by atoms with Crippen LogP contribution in [0.3, 0.4) is 0 Å². The molecule has 14 heteroatoms. The molecule has 1 aromatic carbocycles. The van der Waals surface area contributed by atoms with Gasteiger partial charge in [0.1, 0.15) is 12.1 Å². The average Bonchev–Trinajstić information content (AvgIpc) is 3.25. The molecule has 1 saturated heterocycles. The first-order valence-electron chi connectivity index (χ1n) is 13.1. The zero-order chi connectivity index (χ0) is 30.0. The molecule has 1 fully saturated rings. The van der Waals surface area contributed by atoms with Crippen molar-refractivity contribution in [1.29, 1.82) is 0 Å². The molecule has 0 saturated carbocycles. The molecule has 3 aliphatic rings. The van der Waals surface area contributed by atoms with Crippen LogP contribution >= 0.6 is 11.6 Å². The Kier molecular flexibility index (Phi) is 11.7. The lowest BCUT2D eigenvalue weighted by atomic mass is 9.85. The van der Waals surface area contributed by atoms with Crippen LogP contribution in [0.1, 0.15) is 24.8 Å². The standard InChI is InChI=1S/C16H25N3O3.C11H11ClF3N3O/c1-19(10-13-2-8-21-9-3-13)18-15-12-22-16(14(15)11-20)4-6-17-7-5-16;1-16-18(2)6-10(19)17-9-4-3-7(5-8(9)12)11(13,14)15/h2,11,17-18H,3-10,12H2,1H3;3-5H,1,6H2,2H3,(H,17,19). The van der Waals surface area contributed by atoms with Crippen molar-refractivity contribution in [3.8, 4) is 0 Å². The lowest BCUT2D eigenvalue weighted by Crippen LogP contribution is -2.44. The van der Waals surface area contributed by atoms with E-state index in [1.807, 2.05) is 12.1 Å². The van der Waals surface area contributed by atoms with Gasteiger partial charge in [-0.3, -0.25) is 14.6 Å². The second-order valence-corrected chi connectivity index (χ2v) is 10.3. The van der Waals surface area contributed by atoms with Gasteiger partial charge in [0.2, 0.25) is 5.91 Å². The maximum atomic E-state index is 12.4. The first-order valence-corrected chi connectivity index (χ1v) is 13.5. The topological polar surface area (TPSA) is 108 Å². The number of nitrogens with one attached hydrogen (secondary N) is 3. The van der Waals surface area contributed by atoms with E-state index in [4.69, 9.17) is 21.1 Å². The zero-order valence-electron chi connectivity index (χ0n) is 23.2. The number of carbonyl (C=O) groups excluding carboxylic acids is 2. The molecule has 0 unspecified atom stereocenters. The fourth-order valence-electron chi connectivity index (χ4n) is 4.68. The number of hydrogen-bond donors (Lipinski definition) is 3. The van der Waals surface area contributed by atoms with Gasteiger partial charge in [-0.1, -0.05) is 23.3 Å². The SMILES string of the molecule is C=NN(C)CC(=O)Nc1ccc(C(F)(F)F)cc1Cl.CN(CC1=CCOCC1)NC1=C(C=O)C2(CCNCC2)OC1. The van der Waals surface area contributed by atoms with Gasteiger partial charge < -0.3 is 25.5 Å². The van der Waals surface area contributed by atoms with Crippen LogP contribution < -0.4 is 16.1 Å². The molecule has 10 nitrogen and oxygen atoms in total. The summed E-state index contributed by atoms with van der Waals surface area (Å²) in [5, 5.41) is 12.3. The summed E-state index contributed by atoms with van der Waals surface area (Å²) in [6.07, 6.45) is 1.33. The molecule has 1 aromatic rings. The Balaban J connectivity index is 0.000000229. The van der Waals surface area contributed by atoms with Gasteiger partial charge in [0.15, 0.2) is 6.29 Å². The van der Waals surface area contributed by atoms with Crippen LogP contribution in [0.4, 0.5) is 18.9 Å². The molecule has 4 rings (SSSR count). The Labute approximate surface area is 242 Å².